The Morgan fingerprint density at radius 2 is 2.12 bits per heavy atom. The van der Waals surface area contributed by atoms with Gasteiger partial charge in [0.15, 0.2) is 0 Å². The van der Waals surface area contributed by atoms with E-state index < -0.39 is 0 Å². The normalized spacial score (nSPS) is 18.1. The van der Waals surface area contributed by atoms with Crippen LogP contribution < -0.4 is 11.2 Å². The van der Waals surface area contributed by atoms with E-state index in [1.54, 1.807) is 6.08 Å². The number of hydrazine groups is 1. The second-order valence-corrected chi connectivity index (χ2v) is 3.44. The van der Waals surface area contributed by atoms with Crippen LogP contribution in [0.3, 0.4) is 0 Å². The van der Waals surface area contributed by atoms with Gasteiger partial charge in [0.05, 0.1) is 0 Å². The molecule has 5 nitrogen and oxygen atoms in total. The fraction of sp³-hybridized carbons (Fsp3) is 0.0909. The van der Waals surface area contributed by atoms with Crippen molar-refractivity contribution in [1.82, 2.24) is 10.4 Å². The predicted octanol–water partition coefficient (Wildman–Crippen LogP) is 0.310. The van der Waals surface area contributed by atoms with Gasteiger partial charge in [-0.05, 0) is 11.6 Å². The average molecular weight is 216 g/mol. The van der Waals surface area contributed by atoms with E-state index in [1.807, 2.05) is 30.3 Å². The molecule has 1 saturated heterocycles. The molecule has 0 bridgehead atoms. The Balaban J connectivity index is 2.22. The average Bonchev–Trinajstić information content (AvgIpc) is 2.62. The molecule has 1 amide bonds. The third-order valence-corrected chi connectivity index (χ3v) is 2.29. The molecule has 0 spiro atoms. The molecule has 0 radical (unpaired) electrons. The van der Waals surface area contributed by atoms with Crippen molar-refractivity contribution in [2.45, 2.75) is 0 Å². The minimum Gasteiger partial charge on any atom is -0.369 e. The Hall–Kier alpha value is -2.14. The van der Waals surface area contributed by atoms with Crippen molar-refractivity contribution in [2.75, 3.05) is 6.54 Å². The lowest BCUT2D eigenvalue weighted by Gasteiger charge is -2.10. The van der Waals surface area contributed by atoms with Crippen LogP contribution in [0.2, 0.25) is 0 Å². The summed E-state index contributed by atoms with van der Waals surface area (Å²) in [6, 6.07) is 9.55. The highest BCUT2D eigenvalue weighted by molar-refractivity contribution is 6.08. The van der Waals surface area contributed by atoms with Crippen LogP contribution in [0, 0.1) is 5.41 Å². The van der Waals surface area contributed by atoms with Gasteiger partial charge < -0.3 is 5.73 Å². The lowest BCUT2D eigenvalue weighted by Crippen LogP contribution is -2.44. The predicted molar refractivity (Wildman–Crippen MR) is 61.2 cm³/mol. The molecule has 0 aliphatic carbocycles. The summed E-state index contributed by atoms with van der Waals surface area (Å²) in [7, 11) is 0. The molecule has 2 rings (SSSR count). The third kappa shape index (κ3) is 1.94. The zero-order chi connectivity index (χ0) is 11.5. The van der Waals surface area contributed by atoms with Crippen LogP contribution >= 0.6 is 0 Å². The summed E-state index contributed by atoms with van der Waals surface area (Å²) in [6.07, 6.45) is 1.79. The molecule has 1 heterocycles. The summed E-state index contributed by atoms with van der Waals surface area (Å²) >= 11 is 0. The summed E-state index contributed by atoms with van der Waals surface area (Å²) < 4.78 is 0. The highest BCUT2D eigenvalue weighted by Gasteiger charge is 2.27. The third-order valence-electron chi connectivity index (χ3n) is 2.29. The highest BCUT2D eigenvalue weighted by Crippen LogP contribution is 2.12. The zero-order valence-electron chi connectivity index (χ0n) is 8.60. The van der Waals surface area contributed by atoms with Gasteiger partial charge in [-0.15, -0.1) is 0 Å². The van der Waals surface area contributed by atoms with Crippen LogP contribution in [0.15, 0.2) is 35.9 Å². The first-order chi connectivity index (χ1) is 7.68. The molecule has 1 aromatic rings. The van der Waals surface area contributed by atoms with Gasteiger partial charge >= 0.3 is 0 Å². The Bertz CT molecular complexity index is 452. The van der Waals surface area contributed by atoms with Gasteiger partial charge in [-0.25, -0.2) is 10.4 Å². The lowest BCUT2D eigenvalue weighted by atomic mass is 10.1. The maximum atomic E-state index is 11.7. The van der Waals surface area contributed by atoms with Crippen LogP contribution in [0.25, 0.3) is 6.08 Å². The molecular formula is C11H12N4O. The number of carbonyl (C=O) groups excluding carboxylic acids is 1. The van der Waals surface area contributed by atoms with Crippen molar-refractivity contribution in [1.29, 1.82) is 5.41 Å². The first-order valence-electron chi connectivity index (χ1n) is 4.86. The summed E-state index contributed by atoms with van der Waals surface area (Å²) in [5, 5.41) is 8.22. The van der Waals surface area contributed by atoms with Crippen LogP contribution in [0.4, 0.5) is 0 Å². The Labute approximate surface area is 93.0 Å². The second kappa shape index (κ2) is 4.16. The number of guanidine groups is 1. The standard InChI is InChI=1S/C11H12N4O/c12-11(13)15-10(16)9(7-14-15)6-8-4-2-1-3-5-8/h1-6,14H,7H2,(H3,12,13)/b9-6+. The van der Waals surface area contributed by atoms with Gasteiger partial charge in [-0.3, -0.25) is 10.2 Å². The molecule has 1 aliphatic rings. The van der Waals surface area contributed by atoms with E-state index in [1.165, 1.54) is 0 Å². The number of nitrogens with zero attached hydrogens (tertiary/aromatic N) is 1. The SMILES string of the molecule is N=C(N)N1NC/C(=C\c2ccccc2)C1=O. The quantitative estimate of drug-likeness (QED) is 0.359. The summed E-state index contributed by atoms with van der Waals surface area (Å²) in [6.45, 7) is 0.396. The minimum atomic E-state index is -0.290. The Kier molecular flexibility index (Phi) is 2.70. The van der Waals surface area contributed by atoms with Crippen molar-refractivity contribution in [3.63, 3.8) is 0 Å². The number of benzene rings is 1. The van der Waals surface area contributed by atoms with E-state index in [2.05, 4.69) is 5.43 Å². The molecule has 4 N–H and O–H groups in total. The van der Waals surface area contributed by atoms with E-state index in [0.29, 0.717) is 12.1 Å². The van der Waals surface area contributed by atoms with Crippen molar-refractivity contribution in [2.24, 2.45) is 5.73 Å². The van der Waals surface area contributed by atoms with E-state index in [0.717, 1.165) is 10.6 Å². The fourth-order valence-corrected chi connectivity index (χ4v) is 1.51. The first kappa shape index (κ1) is 10.4. The number of carbonyl (C=O) groups is 1. The molecule has 1 aliphatic heterocycles. The molecule has 1 fully saturated rings. The van der Waals surface area contributed by atoms with Gasteiger partial charge in [-0.2, -0.15) is 0 Å². The van der Waals surface area contributed by atoms with Crippen LogP contribution in [0.1, 0.15) is 5.56 Å². The van der Waals surface area contributed by atoms with Gasteiger partial charge in [0.2, 0.25) is 5.96 Å². The summed E-state index contributed by atoms with van der Waals surface area (Å²) in [5.41, 5.74) is 9.54. The second-order valence-electron chi connectivity index (χ2n) is 3.44. The molecule has 16 heavy (non-hydrogen) atoms. The van der Waals surface area contributed by atoms with Crippen molar-refractivity contribution in [3.8, 4) is 0 Å². The van der Waals surface area contributed by atoms with Crippen LogP contribution in [-0.4, -0.2) is 23.4 Å². The fourth-order valence-electron chi connectivity index (χ4n) is 1.51. The number of nitrogens with one attached hydrogen (secondary N) is 2. The lowest BCUT2D eigenvalue weighted by molar-refractivity contribution is -0.122. The molecule has 0 atom stereocenters. The van der Waals surface area contributed by atoms with Gasteiger partial charge in [0, 0.05) is 12.1 Å². The van der Waals surface area contributed by atoms with E-state index in [-0.39, 0.29) is 11.9 Å². The first-order valence-corrected chi connectivity index (χ1v) is 4.86. The number of nitrogens with two attached hydrogens (primary N) is 1. The maximum absolute atomic E-state index is 11.7. The Morgan fingerprint density at radius 3 is 2.69 bits per heavy atom. The van der Waals surface area contributed by atoms with E-state index in [4.69, 9.17) is 11.1 Å². The number of hydrogen-bond donors (Lipinski definition) is 3. The van der Waals surface area contributed by atoms with Crippen molar-refractivity contribution >= 4 is 17.9 Å². The smallest absolute Gasteiger partial charge is 0.272 e. The van der Waals surface area contributed by atoms with Crippen molar-refractivity contribution < 1.29 is 4.79 Å². The minimum absolute atomic E-state index is 0.267. The van der Waals surface area contributed by atoms with Gasteiger partial charge in [0.25, 0.3) is 5.91 Å². The van der Waals surface area contributed by atoms with Crippen LogP contribution in [0.5, 0.6) is 0 Å². The molecule has 5 heteroatoms. The molecule has 0 saturated carbocycles. The number of amides is 1. The highest BCUT2D eigenvalue weighted by atomic mass is 16.2. The number of rotatable bonds is 1. The zero-order valence-corrected chi connectivity index (χ0v) is 8.60. The Morgan fingerprint density at radius 1 is 1.44 bits per heavy atom. The largest absolute Gasteiger partial charge is 0.369 e. The summed E-state index contributed by atoms with van der Waals surface area (Å²) in [4.78, 5) is 11.7. The molecule has 1 aromatic carbocycles. The van der Waals surface area contributed by atoms with Gasteiger partial charge in [0.1, 0.15) is 0 Å². The molecule has 82 valence electrons. The maximum Gasteiger partial charge on any atom is 0.272 e. The molecular weight excluding hydrogens is 204 g/mol. The number of hydrogen-bond acceptors (Lipinski definition) is 3. The molecule has 0 aromatic heterocycles. The van der Waals surface area contributed by atoms with Gasteiger partial charge in [-0.1, -0.05) is 30.3 Å². The van der Waals surface area contributed by atoms with E-state index in [9.17, 15) is 4.79 Å². The molecule has 0 unspecified atom stereocenters. The summed E-state index contributed by atoms with van der Waals surface area (Å²) in [5.74, 6) is -0.558. The van der Waals surface area contributed by atoms with Crippen LogP contribution in [-0.2, 0) is 4.79 Å². The monoisotopic (exact) mass is 216 g/mol. The van der Waals surface area contributed by atoms with Crippen molar-refractivity contribution in [3.05, 3.63) is 41.5 Å². The topological polar surface area (TPSA) is 82.2 Å². The van der Waals surface area contributed by atoms with E-state index >= 15 is 0 Å².